The zero-order valence-electron chi connectivity index (χ0n) is 18.1. The van der Waals surface area contributed by atoms with Crippen molar-refractivity contribution < 1.29 is 66.4 Å². The summed E-state index contributed by atoms with van der Waals surface area (Å²) in [6.45, 7) is 25.9. The van der Waals surface area contributed by atoms with Crippen LogP contribution in [0.2, 0.25) is 0 Å². The van der Waals surface area contributed by atoms with Crippen molar-refractivity contribution in [2.24, 2.45) is 0 Å². The number of ether oxygens (including phenoxy) is 2. The van der Waals surface area contributed by atoms with Crippen molar-refractivity contribution in [2.75, 3.05) is 118 Å². The molecular weight excluding hydrogens is 582 g/mol. The van der Waals surface area contributed by atoms with Gasteiger partial charge in [-0.3, -0.25) is 9.80 Å². The molecule has 3 aliphatic rings. The van der Waals surface area contributed by atoms with Crippen molar-refractivity contribution in [3.05, 3.63) is 0 Å². The van der Waals surface area contributed by atoms with Crippen LogP contribution < -0.4 is 48.0 Å². The topological polar surface area (TPSA) is 24.9 Å². The fourth-order valence-electron chi connectivity index (χ4n) is 4.80. The Morgan fingerprint density at radius 3 is 1.21 bits per heavy atom. The molecule has 0 bridgehead atoms. The van der Waals surface area contributed by atoms with E-state index in [0.717, 1.165) is 26.4 Å². The Morgan fingerprint density at radius 2 is 0.929 bits per heavy atom. The smallest absolute Gasteiger partial charge is 0.102 e. The van der Waals surface area contributed by atoms with Gasteiger partial charge in [0.1, 0.15) is 26.2 Å². The minimum Gasteiger partial charge on any atom is -1.00 e. The Kier molecular flexibility index (Phi) is 13.2. The molecular formula is C20H42I2N4O2. The number of halogens is 2. The molecule has 6 nitrogen and oxygen atoms in total. The van der Waals surface area contributed by atoms with Gasteiger partial charge in [-0.05, 0) is 13.8 Å². The molecule has 0 aromatic heterocycles. The summed E-state index contributed by atoms with van der Waals surface area (Å²) in [7, 11) is 0. The van der Waals surface area contributed by atoms with E-state index in [0.29, 0.717) is 0 Å². The van der Waals surface area contributed by atoms with Crippen molar-refractivity contribution in [1.82, 2.24) is 9.80 Å². The maximum absolute atomic E-state index is 5.58. The second kappa shape index (κ2) is 13.6. The minimum atomic E-state index is 0. The van der Waals surface area contributed by atoms with Crippen molar-refractivity contribution in [3.8, 4) is 0 Å². The molecule has 0 aliphatic carbocycles. The lowest BCUT2D eigenvalue weighted by atomic mass is 10.2. The van der Waals surface area contributed by atoms with E-state index < -0.39 is 0 Å². The number of hydrogen-bond acceptors (Lipinski definition) is 4. The van der Waals surface area contributed by atoms with Crippen LogP contribution in [0.1, 0.15) is 13.8 Å². The molecule has 0 unspecified atom stereocenters. The van der Waals surface area contributed by atoms with Crippen LogP contribution in [-0.2, 0) is 9.47 Å². The van der Waals surface area contributed by atoms with Crippen molar-refractivity contribution in [2.45, 2.75) is 13.8 Å². The monoisotopic (exact) mass is 624 g/mol. The molecule has 0 atom stereocenters. The molecule has 0 aromatic rings. The highest BCUT2D eigenvalue weighted by atomic mass is 127. The molecule has 3 rings (SSSR count). The normalized spacial score (nSPS) is 25.5. The summed E-state index contributed by atoms with van der Waals surface area (Å²) in [6.07, 6.45) is 0. The Balaban J connectivity index is 0.00000196. The number of likely N-dealkylation sites (N-methyl/N-ethyl adjacent to an activating group) is 2. The Bertz CT molecular complexity index is 373. The molecule has 3 saturated heterocycles. The van der Waals surface area contributed by atoms with E-state index in [9.17, 15) is 0 Å². The lowest BCUT2D eigenvalue weighted by Crippen LogP contribution is -3.00. The molecule has 0 amide bonds. The molecule has 0 N–H and O–H groups in total. The molecule has 0 aromatic carbocycles. The third-order valence-electron chi connectivity index (χ3n) is 7.43. The summed E-state index contributed by atoms with van der Waals surface area (Å²) in [5.41, 5.74) is 0. The van der Waals surface area contributed by atoms with Crippen LogP contribution in [0.5, 0.6) is 0 Å². The zero-order chi connectivity index (χ0) is 18.3. The van der Waals surface area contributed by atoms with E-state index in [-0.39, 0.29) is 48.0 Å². The summed E-state index contributed by atoms with van der Waals surface area (Å²) in [4.78, 5) is 5.39. The van der Waals surface area contributed by atoms with Crippen LogP contribution >= 0.6 is 0 Å². The van der Waals surface area contributed by atoms with Gasteiger partial charge in [0.05, 0.1) is 52.6 Å². The van der Waals surface area contributed by atoms with Gasteiger partial charge >= 0.3 is 0 Å². The van der Waals surface area contributed by atoms with E-state index in [2.05, 4.69) is 23.6 Å². The number of rotatable bonds is 8. The minimum absolute atomic E-state index is 0. The van der Waals surface area contributed by atoms with Gasteiger partial charge in [0.25, 0.3) is 0 Å². The van der Waals surface area contributed by atoms with E-state index in [4.69, 9.17) is 9.47 Å². The fourth-order valence-corrected chi connectivity index (χ4v) is 4.80. The molecule has 8 heteroatoms. The summed E-state index contributed by atoms with van der Waals surface area (Å²) < 4.78 is 13.7. The highest BCUT2D eigenvalue weighted by Crippen LogP contribution is 2.14. The van der Waals surface area contributed by atoms with Gasteiger partial charge in [0.2, 0.25) is 0 Å². The van der Waals surface area contributed by atoms with Crippen molar-refractivity contribution >= 4 is 0 Å². The van der Waals surface area contributed by atoms with E-state index >= 15 is 0 Å². The molecule has 3 heterocycles. The van der Waals surface area contributed by atoms with Crippen molar-refractivity contribution in [3.63, 3.8) is 0 Å². The second-order valence-electron chi connectivity index (χ2n) is 8.57. The van der Waals surface area contributed by atoms with Crippen LogP contribution in [0, 0.1) is 0 Å². The molecule has 28 heavy (non-hydrogen) atoms. The molecule has 0 spiro atoms. The van der Waals surface area contributed by atoms with Gasteiger partial charge in [0.15, 0.2) is 0 Å². The molecule has 0 saturated carbocycles. The fraction of sp³-hybridized carbons (Fsp3) is 1.00. The van der Waals surface area contributed by atoms with Gasteiger partial charge in [-0.25, -0.2) is 0 Å². The predicted molar refractivity (Wildman–Crippen MR) is 105 cm³/mol. The maximum atomic E-state index is 5.58. The average Bonchev–Trinajstić information content (AvgIpc) is 2.73. The van der Waals surface area contributed by atoms with Gasteiger partial charge in [-0.15, -0.1) is 0 Å². The van der Waals surface area contributed by atoms with Crippen LogP contribution in [0.15, 0.2) is 0 Å². The van der Waals surface area contributed by atoms with Crippen molar-refractivity contribution in [1.29, 1.82) is 0 Å². The summed E-state index contributed by atoms with van der Waals surface area (Å²) >= 11 is 0. The largest absolute Gasteiger partial charge is 1.00 e. The molecule has 0 radical (unpaired) electrons. The lowest BCUT2D eigenvalue weighted by molar-refractivity contribution is -0.933. The standard InChI is InChI=1S/C20H42N4O2.2HI/c1-3-23(13-17-25-18-14-23)11-9-21-5-7-22(8-6-21)10-12-24(4-2)15-19-26-20-16-24;;/h3-20H2,1-2H3;2*1H/q+2;;/p-2. The number of morpholine rings is 2. The van der Waals surface area contributed by atoms with E-state index in [1.165, 1.54) is 101 Å². The average molecular weight is 624 g/mol. The lowest BCUT2D eigenvalue weighted by Gasteiger charge is -2.44. The summed E-state index contributed by atoms with van der Waals surface area (Å²) in [5, 5.41) is 0. The van der Waals surface area contributed by atoms with Crippen LogP contribution in [-0.4, -0.2) is 137 Å². The Hall–Kier alpha value is 1.22. The number of nitrogens with zero attached hydrogens (tertiary/aromatic N) is 4. The number of piperazine rings is 1. The molecule has 3 aliphatic heterocycles. The SMILES string of the molecule is CC[N+]1(CCN2CCN(CC[N+]3(CC)CCOCC3)CC2)CCOCC1.[I-].[I-]. The highest BCUT2D eigenvalue weighted by Gasteiger charge is 2.31. The third-order valence-corrected chi connectivity index (χ3v) is 7.43. The van der Waals surface area contributed by atoms with Crippen LogP contribution in [0.3, 0.4) is 0 Å². The van der Waals surface area contributed by atoms with Crippen LogP contribution in [0.4, 0.5) is 0 Å². The van der Waals surface area contributed by atoms with Gasteiger partial charge in [-0.1, -0.05) is 0 Å². The first-order chi connectivity index (χ1) is 12.7. The quantitative estimate of drug-likeness (QED) is 0.199. The molecule has 3 fully saturated rings. The summed E-state index contributed by atoms with van der Waals surface area (Å²) in [5.74, 6) is 0. The first-order valence-electron chi connectivity index (χ1n) is 11.0. The Morgan fingerprint density at radius 1 is 0.607 bits per heavy atom. The predicted octanol–water partition coefficient (Wildman–Crippen LogP) is -5.65. The highest BCUT2D eigenvalue weighted by molar-refractivity contribution is 4.72. The maximum Gasteiger partial charge on any atom is 0.102 e. The number of hydrogen-bond donors (Lipinski definition) is 0. The van der Waals surface area contributed by atoms with Gasteiger partial charge < -0.3 is 66.4 Å². The molecule has 168 valence electrons. The van der Waals surface area contributed by atoms with Gasteiger partial charge in [0, 0.05) is 39.3 Å². The Labute approximate surface area is 207 Å². The van der Waals surface area contributed by atoms with Gasteiger partial charge in [-0.2, -0.15) is 0 Å². The van der Waals surface area contributed by atoms with E-state index in [1.807, 2.05) is 0 Å². The first-order valence-corrected chi connectivity index (χ1v) is 11.0. The first kappa shape index (κ1) is 27.3. The third kappa shape index (κ3) is 7.72. The summed E-state index contributed by atoms with van der Waals surface area (Å²) in [6, 6.07) is 0. The van der Waals surface area contributed by atoms with E-state index in [1.54, 1.807) is 0 Å². The zero-order valence-corrected chi connectivity index (χ0v) is 22.4. The number of quaternary nitrogens is 2. The second-order valence-corrected chi connectivity index (χ2v) is 8.57. The van der Waals surface area contributed by atoms with Crippen LogP contribution in [0.25, 0.3) is 0 Å².